The Morgan fingerprint density at radius 2 is 2.08 bits per heavy atom. The van der Waals surface area contributed by atoms with E-state index in [0.717, 1.165) is 10.9 Å². The van der Waals surface area contributed by atoms with Crippen LogP contribution in [0.15, 0.2) is 37.2 Å². The zero-order valence-corrected chi connectivity index (χ0v) is 7.00. The van der Waals surface area contributed by atoms with Crippen molar-refractivity contribution < 1.29 is 4.39 Å². The molecule has 0 spiro atoms. The lowest BCUT2D eigenvalue weighted by Gasteiger charge is -2.01. The largest absolute Gasteiger partial charge is 0.263 e. The number of halogens is 1. The third-order valence-electron chi connectivity index (χ3n) is 2.00. The van der Waals surface area contributed by atoms with Crippen molar-refractivity contribution in [2.75, 3.05) is 0 Å². The van der Waals surface area contributed by atoms with Gasteiger partial charge in [0.15, 0.2) is 0 Å². The molecule has 0 bridgehead atoms. The Labute approximate surface area is 75.5 Å². The van der Waals surface area contributed by atoms with Crippen molar-refractivity contribution in [1.29, 1.82) is 0 Å². The minimum atomic E-state index is -0.242. The number of nitrogens with zero attached hydrogens (tertiary/aromatic N) is 1. The van der Waals surface area contributed by atoms with E-state index < -0.39 is 0 Å². The van der Waals surface area contributed by atoms with E-state index in [9.17, 15) is 4.39 Å². The lowest BCUT2D eigenvalue weighted by Crippen LogP contribution is -1.84. The Bertz CT molecular complexity index is 463. The van der Waals surface area contributed by atoms with Gasteiger partial charge < -0.3 is 0 Å². The highest BCUT2D eigenvalue weighted by Crippen LogP contribution is 2.20. The molecule has 1 heterocycles. The van der Waals surface area contributed by atoms with Crippen LogP contribution in [-0.4, -0.2) is 4.98 Å². The fraction of sp³-hybridized carbons (Fsp3) is 0. The highest BCUT2D eigenvalue weighted by Gasteiger charge is 2.01. The molecule has 2 heteroatoms. The molecule has 13 heavy (non-hydrogen) atoms. The van der Waals surface area contributed by atoms with Crippen molar-refractivity contribution in [3.05, 3.63) is 48.6 Å². The normalized spacial score (nSPS) is 10.2. The van der Waals surface area contributed by atoms with Gasteiger partial charge in [-0.1, -0.05) is 24.8 Å². The van der Waals surface area contributed by atoms with Crippen molar-refractivity contribution in [3.63, 3.8) is 0 Å². The molecule has 1 nitrogen and oxygen atoms in total. The lowest BCUT2D eigenvalue weighted by molar-refractivity contribution is 0.639. The zero-order chi connectivity index (χ0) is 9.26. The minimum absolute atomic E-state index is 0.242. The summed E-state index contributed by atoms with van der Waals surface area (Å²) in [5.74, 6) is -0.242. The molecule has 64 valence electrons. The fourth-order valence-corrected chi connectivity index (χ4v) is 1.34. The number of hydrogen-bond donors (Lipinski definition) is 0. The zero-order valence-electron chi connectivity index (χ0n) is 7.00. The molecule has 0 aliphatic carbocycles. The summed E-state index contributed by atoms with van der Waals surface area (Å²) in [6.45, 7) is 3.65. The van der Waals surface area contributed by atoms with Crippen LogP contribution in [0.1, 0.15) is 5.56 Å². The van der Waals surface area contributed by atoms with E-state index in [-0.39, 0.29) is 5.82 Å². The van der Waals surface area contributed by atoms with Gasteiger partial charge in [0, 0.05) is 23.3 Å². The van der Waals surface area contributed by atoms with E-state index in [1.54, 1.807) is 18.3 Å². The van der Waals surface area contributed by atoms with Gasteiger partial charge in [-0.15, -0.1) is 0 Å². The molecule has 2 aromatic rings. The predicted octanol–water partition coefficient (Wildman–Crippen LogP) is 3.02. The molecular formula is C11H8FN. The summed E-state index contributed by atoms with van der Waals surface area (Å²) in [6, 6.07) is 4.97. The molecule has 0 saturated carbocycles. The summed E-state index contributed by atoms with van der Waals surface area (Å²) in [4.78, 5) is 3.93. The molecule has 1 aromatic carbocycles. The van der Waals surface area contributed by atoms with Gasteiger partial charge in [0.2, 0.25) is 0 Å². The van der Waals surface area contributed by atoms with Crippen LogP contribution in [0.5, 0.6) is 0 Å². The van der Waals surface area contributed by atoms with Gasteiger partial charge in [-0.25, -0.2) is 4.39 Å². The van der Waals surface area contributed by atoms with Crippen LogP contribution < -0.4 is 0 Å². The molecule has 0 saturated heterocycles. The summed E-state index contributed by atoms with van der Waals surface area (Å²) < 4.78 is 13.2. The Morgan fingerprint density at radius 1 is 1.23 bits per heavy atom. The van der Waals surface area contributed by atoms with Crippen LogP contribution in [0.25, 0.3) is 16.8 Å². The Hall–Kier alpha value is -1.70. The fourth-order valence-electron chi connectivity index (χ4n) is 1.34. The summed E-state index contributed by atoms with van der Waals surface area (Å²) >= 11 is 0. The molecular weight excluding hydrogens is 165 g/mol. The van der Waals surface area contributed by atoms with Crippen molar-refractivity contribution in [2.45, 2.75) is 0 Å². The monoisotopic (exact) mass is 173 g/mol. The number of aromatic nitrogens is 1. The molecule has 2 rings (SSSR count). The maximum absolute atomic E-state index is 13.2. The maximum atomic E-state index is 13.2. The van der Waals surface area contributed by atoms with E-state index in [0.29, 0.717) is 5.39 Å². The van der Waals surface area contributed by atoms with Crippen molar-refractivity contribution in [2.24, 2.45) is 0 Å². The Morgan fingerprint density at radius 3 is 2.85 bits per heavy atom. The molecule has 1 aromatic heterocycles. The molecule has 0 N–H and O–H groups in total. The summed E-state index contributed by atoms with van der Waals surface area (Å²) in [5.41, 5.74) is 0.858. The quantitative estimate of drug-likeness (QED) is 0.646. The standard InChI is InChI=1S/C11H8FN/c1-2-8-6-13-7-10-9(8)4-3-5-11(10)12/h2-7H,1H2. The second kappa shape index (κ2) is 2.98. The first-order valence-electron chi connectivity index (χ1n) is 3.97. The third-order valence-corrected chi connectivity index (χ3v) is 2.00. The van der Waals surface area contributed by atoms with Gasteiger partial charge in [0.05, 0.1) is 0 Å². The van der Waals surface area contributed by atoms with Crippen LogP contribution in [-0.2, 0) is 0 Å². The lowest BCUT2D eigenvalue weighted by atomic mass is 10.1. The molecule has 0 unspecified atom stereocenters. The highest BCUT2D eigenvalue weighted by atomic mass is 19.1. The SMILES string of the molecule is C=Cc1cncc2c(F)cccc12. The molecule has 0 atom stereocenters. The van der Waals surface area contributed by atoms with Gasteiger partial charge in [-0.05, 0) is 11.5 Å². The summed E-state index contributed by atoms with van der Waals surface area (Å²) in [5, 5.41) is 1.39. The van der Waals surface area contributed by atoms with Crippen molar-refractivity contribution in [3.8, 4) is 0 Å². The Balaban J connectivity index is 2.92. The topological polar surface area (TPSA) is 12.9 Å². The Kier molecular flexibility index (Phi) is 1.81. The number of rotatable bonds is 1. The number of fused-ring (bicyclic) bond motifs is 1. The van der Waals surface area contributed by atoms with E-state index in [1.165, 1.54) is 12.3 Å². The summed E-state index contributed by atoms with van der Waals surface area (Å²) in [6.07, 6.45) is 4.88. The van der Waals surface area contributed by atoms with Gasteiger partial charge in [-0.2, -0.15) is 0 Å². The van der Waals surface area contributed by atoms with Crippen molar-refractivity contribution in [1.82, 2.24) is 4.98 Å². The average molecular weight is 173 g/mol. The number of pyridine rings is 1. The first-order chi connectivity index (χ1) is 6.33. The molecule has 0 aliphatic rings. The van der Waals surface area contributed by atoms with Gasteiger partial charge in [-0.3, -0.25) is 4.98 Å². The van der Waals surface area contributed by atoms with Crippen LogP contribution in [0.3, 0.4) is 0 Å². The predicted molar refractivity (Wildman–Crippen MR) is 51.8 cm³/mol. The smallest absolute Gasteiger partial charge is 0.132 e. The number of benzene rings is 1. The van der Waals surface area contributed by atoms with Gasteiger partial charge in [0.1, 0.15) is 5.82 Å². The van der Waals surface area contributed by atoms with Gasteiger partial charge in [0.25, 0.3) is 0 Å². The molecule has 0 radical (unpaired) electrons. The first-order valence-corrected chi connectivity index (χ1v) is 3.97. The average Bonchev–Trinajstić information content (AvgIpc) is 2.18. The number of hydrogen-bond acceptors (Lipinski definition) is 1. The van der Waals surface area contributed by atoms with Gasteiger partial charge >= 0.3 is 0 Å². The van der Waals surface area contributed by atoms with Crippen molar-refractivity contribution >= 4 is 16.8 Å². The van der Waals surface area contributed by atoms with E-state index in [4.69, 9.17) is 0 Å². The third kappa shape index (κ3) is 1.20. The van der Waals surface area contributed by atoms with Crippen LogP contribution in [0, 0.1) is 5.82 Å². The van der Waals surface area contributed by atoms with E-state index in [2.05, 4.69) is 11.6 Å². The van der Waals surface area contributed by atoms with E-state index in [1.807, 2.05) is 6.07 Å². The second-order valence-electron chi connectivity index (χ2n) is 2.77. The minimum Gasteiger partial charge on any atom is -0.263 e. The van der Waals surface area contributed by atoms with Crippen LogP contribution in [0.4, 0.5) is 4.39 Å². The molecule has 0 aliphatic heterocycles. The second-order valence-corrected chi connectivity index (χ2v) is 2.77. The summed E-state index contributed by atoms with van der Waals surface area (Å²) in [7, 11) is 0. The van der Waals surface area contributed by atoms with E-state index >= 15 is 0 Å². The molecule has 0 amide bonds. The first kappa shape index (κ1) is 7.92. The maximum Gasteiger partial charge on any atom is 0.132 e. The van der Waals surface area contributed by atoms with Crippen LogP contribution >= 0.6 is 0 Å². The molecule has 0 fully saturated rings. The highest BCUT2D eigenvalue weighted by molar-refractivity contribution is 5.89. The van der Waals surface area contributed by atoms with Crippen LogP contribution in [0.2, 0.25) is 0 Å².